The summed E-state index contributed by atoms with van der Waals surface area (Å²) in [5.41, 5.74) is -0.746. The van der Waals surface area contributed by atoms with Gasteiger partial charge in [-0.1, -0.05) is 11.6 Å². The monoisotopic (exact) mass is 331 g/mol. The van der Waals surface area contributed by atoms with Crippen molar-refractivity contribution in [2.75, 3.05) is 13.1 Å². The smallest absolute Gasteiger partial charge is 0.410 e. The van der Waals surface area contributed by atoms with Crippen molar-refractivity contribution in [1.82, 2.24) is 4.90 Å². The van der Waals surface area contributed by atoms with Gasteiger partial charge in [0.15, 0.2) is 0 Å². The second-order valence-corrected chi connectivity index (χ2v) is 7.84. The molecule has 0 aliphatic carbocycles. The van der Waals surface area contributed by atoms with Gasteiger partial charge in [0.1, 0.15) is 11.0 Å². The summed E-state index contributed by atoms with van der Waals surface area (Å²) in [7, 11) is 0. The highest BCUT2D eigenvalue weighted by Crippen LogP contribution is 2.38. The molecule has 5 nitrogen and oxygen atoms in total. The van der Waals surface area contributed by atoms with Crippen molar-refractivity contribution in [1.29, 1.82) is 0 Å². The summed E-state index contributed by atoms with van der Waals surface area (Å²) in [4.78, 5) is 24.9. The lowest BCUT2D eigenvalue weighted by molar-refractivity contribution is -0.159. The Hall–Kier alpha value is -1.27. The fourth-order valence-corrected chi connectivity index (χ4v) is 3.20. The van der Waals surface area contributed by atoms with Crippen LogP contribution in [-0.2, 0) is 16.0 Å². The van der Waals surface area contributed by atoms with E-state index in [1.807, 2.05) is 11.4 Å². The first-order valence-electron chi connectivity index (χ1n) is 6.56. The molecular weight excluding hydrogens is 314 g/mol. The Balaban J connectivity index is 2.03. The van der Waals surface area contributed by atoms with Crippen molar-refractivity contribution in [3.05, 3.63) is 21.3 Å². The number of aliphatic carboxylic acids is 1. The van der Waals surface area contributed by atoms with E-state index in [0.717, 1.165) is 5.56 Å². The maximum Gasteiger partial charge on any atom is 0.410 e. The molecule has 0 spiro atoms. The van der Waals surface area contributed by atoms with E-state index in [1.165, 1.54) is 16.2 Å². The minimum absolute atomic E-state index is 0.142. The topological polar surface area (TPSA) is 66.8 Å². The zero-order valence-corrected chi connectivity index (χ0v) is 13.8. The molecule has 1 saturated heterocycles. The standard InChI is InChI=1S/C14H18ClNO4S/c1-13(2,3)20-12(19)16-7-14(8-16,11(17)18)6-9-4-5-21-10(9)15/h4-5H,6-8H2,1-3H3,(H,17,18). The first-order valence-corrected chi connectivity index (χ1v) is 7.82. The van der Waals surface area contributed by atoms with Crippen molar-refractivity contribution >= 4 is 35.0 Å². The van der Waals surface area contributed by atoms with Crippen LogP contribution in [0.15, 0.2) is 11.4 Å². The van der Waals surface area contributed by atoms with Gasteiger partial charge in [-0.3, -0.25) is 4.79 Å². The van der Waals surface area contributed by atoms with Crippen LogP contribution < -0.4 is 0 Å². The maximum atomic E-state index is 11.9. The molecule has 21 heavy (non-hydrogen) atoms. The van der Waals surface area contributed by atoms with Crippen LogP contribution in [0.5, 0.6) is 0 Å². The summed E-state index contributed by atoms with van der Waals surface area (Å²) in [6.07, 6.45) is -0.153. The summed E-state index contributed by atoms with van der Waals surface area (Å²) in [6.45, 7) is 5.62. The van der Waals surface area contributed by atoms with Crippen LogP contribution in [-0.4, -0.2) is 40.8 Å². The van der Waals surface area contributed by atoms with Crippen LogP contribution in [0.4, 0.5) is 4.79 Å². The number of thiophene rings is 1. The average Bonchev–Trinajstić information content (AvgIpc) is 2.65. The minimum Gasteiger partial charge on any atom is -0.481 e. The van der Waals surface area contributed by atoms with E-state index in [9.17, 15) is 14.7 Å². The molecule has 0 unspecified atom stereocenters. The van der Waals surface area contributed by atoms with Crippen LogP contribution >= 0.6 is 22.9 Å². The average molecular weight is 332 g/mol. The molecule has 0 bridgehead atoms. The maximum absolute atomic E-state index is 11.9. The molecule has 2 rings (SSSR count). The molecule has 1 N–H and O–H groups in total. The molecule has 2 heterocycles. The van der Waals surface area contributed by atoms with Gasteiger partial charge < -0.3 is 14.7 Å². The number of ether oxygens (including phenoxy) is 1. The largest absolute Gasteiger partial charge is 0.481 e. The number of rotatable bonds is 3. The second-order valence-electron chi connectivity index (χ2n) is 6.32. The molecule has 0 aromatic carbocycles. The molecule has 0 radical (unpaired) electrons. The summed E-state index contributed by atoms with van der Waals surface area (Å²) < 4.78 is 5.85. The van der Waals surface area contributed by atoms with Crippen LogP contribution in [0.3, 0.4) is 0 Å². The highest BCUT2D eigenvalue weighted by molar-refractivity contribution is 7.14. The van der Waals surface area contributed by atoms with Crippen molar-refractivity contribution in [2.24, 2.45) is 5.41 Å². The Bertz CT molecular complexity index is 558. The van der Waals surface area contributed by atoms with E-state index in [-0.39, 0.29) is 13.1 Å². The molecule has 1 amide bonds. The fraction of sp³-hybridized carbons (Fsp3) is 0.571. The van der Waals surface area contributed by atoms with E-state index in [0.29, 0.717) is 10.8 Å². The third-order valence-corrected chi connectivity index (χ3v) is 4.57. The Morgan fingerprint density at radius 3 is 2.52 bits per heavy atom. The Labute approximate surface area is 132 Å². The molecule has 0 atom stereocenters. The summed E-state index contributed by atoms with van der Waals surface area (Å²) in [5.74, 6) is -0.912. The normalized spacial score (nSPS) is 17.2. The van der Waals surface area contributed by atoms with Crippen molar-refractivity contribution < 1.29 is 19.4 Å². The zero-order valence-electron chi connectivity index (χ0n) is 12.2. The van der Waals surface area contributed by atoms with Gasteiger partial charge in [0, 0.05) is 13.1 Å². The van der Waals surface area contributed by atoms with Crippen molar-refractivity contribution in [2.45, 2.75) is 32.8 Å². The predicted octanol–water partition coefficient (Wildman–Crippen LogP) is 3.27. The number of carbonyl (C=O) groups excluding carboxylic acids is 1. The molecule has 1 aliphatic rings. The van der Waals surface area contributed by atoms with Gasteiger partial charge in [0.2, 0.25) is 0 Å². The predicted molar refractivity (Wildman–Crippen MR) is 80.9 cm³/mol. The lowest BCUT2D eigenvalue weighted by Crippen LogP contribution is -2.63. The lowest BCUT2D eigenvalue weighted by atomic mass is 9.75. The third kappa shape index (κ3) is 3.49. The summed E-state index contributed by atoms with van der Waals surface area (Å²) in [5, 5.41) is 11.3. The van der Waals surface area contributed by atoms with E-state index < -0.39 is 23.1 Å². The molecule has 0 saturated carbocycles. The van der Waals surface area contributed by atoms with Crippen molar-refractivity contribution in [3.8, 4) is 0 Å². The summed E-state index contributed by atoms with van der Waals surface area (Å²) in [6, 6.07) is 1.83. The zero-order chi connectivity index (χ0) is 15.8. The highest BCUT2D eigenvalue weighted by atomic mass is 35.5. The van der Waals surface area contributed by atoms with E-state index >= 15 is 0 Å². The molecule has 7 heteroatoms. The number of amides is 1. The van der Waals surface area contributed by atoms with Gasteiger partial charge in [0.05, 0.1) is 4.34 Å². The number of hydrogen-bond acceptors (Lipinski definition) is 4. The first kappa shape index (κ1) is 16.1. The van der Waals surface area contributed by atoms with Gasteiger partial charge in [-0.05, 0) is 44.2 Å². The van der Waals surface area contributed by atoms with Gasteiger partial charge in [-0.25, -0.2) is 4.79 Å². The quantitative estimate of drug-likeness (QED) is 0.923. The van der Waals surface area contributed by atoms with E-state index in [4.69, 9.17) is 16.3 Å². The number of halogens is 1. The van der Waals surface area contributed by atoms with E-state index in [2.05, 4.69) is 0 Å². The van der Waals surface area contributed by atoms with Gasteiger partial charge in [0.25, 0.3) is 0 Å². The van der Waals surface area contributed by atoms with Crippen LogP contribution in [0.25, 0.3) is 0 Å². The Kier molecular flexibility index (Phi) is 4.22. The molecule has 116 valence electrons. The van der Waals surface area contributed by atoms with Gasteiger partial charge in [-0.15, -0.1) is 11.3 Å². The summed E-state index contributed by atoms with van der Waals surface area (Å²) >= 11 is 7.41. The third-order valence-electron chi connectivity index (χ3n) is 3.31. The molecule has 1 aliphatic heterocycles. The number of carboxylic acids is 1. The molecule has 1 fully saturated rings. The second kappa shape index (κ2) is 5.50. The van der Waals surface area contributed by atoms with E-state index in [1.54, 1.807) is 20.8 Å². The molecule has 1 aromatic rings. The molecule has 1 aromatic heterocycles. The number of carboxylic acid groups (broad SMARTS) is 1. The molecular formula is C14H18ClNO4S. The number of nitrogens with zero attached hydrogens (tertiary/aromatic N) is 1. The number of likely N-dealkylation sites (tertiary alicyclic amines) is 1. The number of hydrogen-bond donors (Lipinski definition) is 1. The van der Waals surface area contributed by atoms with Gasteiger partial charge in [-0.2, -0.15) is 0 Å². The Morgan fingerprint density at radius 1 is 1.48 bits per heavy atom. The van der Waals surface area contributed by atoms with Crippen LogP contribution in [0.2, 0.25) is 4.34 Å². The number of carbonyl (C=O) groups is 2. The van der Waals surface area contributed by atoms with Crippen molar-refractivity contribution in [3.63, 3.8) is 0 Å². The lowest BCUT2D eigenvalue weighted by Gasteiger charge is -2.47. The Morgan fingerprint density at radius 2 is 2.10 bits per heavy atom. The first-order chi connectivity index (χ1) is 9.63. The highest BCUT2D eigenvalue weighted by Gasteiger charge is 2.52. The van der Waals surface area contributed by atoms with Crippen LogP contribution in [0, 0.1) is 5.41 Å². The SMILES string of the molecule is CC(C)(C)OC(=O)N1CC(Cc2ccsc2Cl)(C(=O)O)C1. The fourth-order valence-electron chi connectivity index (χ4n) is 2.27. The van der Waals surface area contributed by atoms with Gasteiger partial charge >= 0.3 is 12.1 Å². The van der Waals surface area contributed by atoms with Crippen LogP contribution in [0.1, 0.15) is 26.3 Å². The minimum atomic E-state index is -0.971.